The summed E-state index contributed by atoms with van der Waals surface area (Å²) in [4.78, 5) is 13.2. The highest BCUT2D eigenvalue weighted by Gasteiger charge is 2.23. The number of hydrogen-bond acceptors (Lipinski definition) is 5. The molecule has 0 amide bonds. The van der Waals surface area contributed by atoms with E-state index in [1.54, 1.807) is 0 Å². The van der Waals surface area contributed by atoms with Crippen LogP contribution in [0.2, 0.25) is 0 Å². The van der Waals surface area contributed by atoms with Crippen LogP contribution in [0.4, 0.5) is 0 Å². The first kappa shape index (κ1) is 16.9. The third-order valence-electron chi connectivity index (χ3n) is 4.38. The van der Waals surface area contributed by atoms with Gasteiger partial charge in [-0.1, -0.05) is 0 Å². The number of pyridine rings is 1. The average Bonchev–Trinajstić information content (AvgIpc) is 3.14. The number of likely N-dealkylation sites (tertiary alicyclic amines) is 1. The number of nitrogens with zero attached hydrogens (tertiary/aromatic N) is 5. The molecule has 0 radical (unpaired) electrons. The Kier molecular flexibility index (Phi) is 5.48. The summed E-state index contributed by atoms with van der Waals surface area (Å²) in [7, 11) is 4.10. The van der Waals surface area contributed by atoms with Crippen molar-refractivity contribution in [1.82, 2.24) is 24.3 Å². The maximum atomic E-state index is 6.17. The van der Waals surface area contributed by atoms with Crippen LogP contribution in [0.1, 0.15) is 17.9 Å². The molecule has 0 bridgehead atoms. The first-order valence-corrected chi connectivity index (χ1v) is 8.56. The number of rotatable bonds is 7. The van der Waals surface area contributed by atoms with Gasteiger partial charge in [0.05, 0.1) is 5.69 Å². The number of hydrogen-bond donors (Lipinski definition) is 0. The van der Waals surface area contributed by atoms with Crippen LogP contribution in [0, 0.1) is 6.92 Å². The molecule has 6 heteroatoms. The fourth-order valence-electron chi connectivity index (χ4n) is 3.12. The summed E-state index contributed by atoms with van der Waals surface area (Å²) in [5.41, 5.74) is 1.04. The van der Waals surface area contributed by atoms with E-state index in [-0.39, 0.29) is 6.10 Å². The minimum Gasteiger partial charge on any atom is -0.489 e. The van der Waals surface area contributed by atoms with Crippen molar-refractivity contribution in [3.8, 4) is 5.75 Å². The van der Waals surface area contributed by atoms with Crippen LogP contribution < -0.4 is 4.74 Å². The van der Waals surface area contributed by atoms with E-state index in [0.29, 0.717) is 0 Å². The summed E-state index contributed by atoms with van der Waals surface area (Å²) in [6, 6.07) is 4.01. The predicted octanol–water partition coefficient (Wildman–Crippen LogP) is 1.80. The first-order valence-electron chi connectivity index (χ1n) is 8.56. The van der Waals surface area contributed by atoms with Gasteiger partial charge in [0.15, 0.2) is 0 Å². The van der Waals surface area contributed by atoms with Gasteiger partial charge in [-0.15, -0.1) is 0 Å². The maximum Gasteiger partial charge on any atom is 0.123 e. The lowest BCUT2D eigenvalue weighted by Crippen LogP contribution is -2.28. The number of aryl methyl sites for hydroxylation is 1. The van der Waals surface area contributed by atoms with Gasteiger partial charge in [-0.2, -0.15) is 0 Å². The Morgan fingerprint density at radius 1 is 1.25 bits per heavy atom. The summed E-state index contributed by atoms with van der Waals surface area (Å²) < 4.78 is 8.37. The van der Waals surface area contributed by atoms with Crippen molar-refractivity contribution in [3.05, 3.63) is 42.2 Å². The summed E-state index contributed by atoms with van der Waals surface area (Å²) in [6.07, 6.45) is 7.09. The molecule has 3 heterocycles. The molecule has 2 aromatic heterocycles. The van der Waals surface area contributed by atoms with E-state index in [1.807, 2.05) is 45.7 Å². The van der Waals surface area contributed by atoms with Crippen molar-refractivity contribution >= 4 is 0 Å². The molecular formula is C18H27N5O. The number of imidazole rings is 1. The summed E-state index contributed by atoms with van der Waals surface area (Å²) in [5, 5.41) is 0. The van der Waals surface area contributed by atoms with Crippen molar-refractivity contribution in [2.75, 3.05) is 33.7 Å². The van der Waals surface area contributed by atoms with Crippen LogP contribution in [0.5, 0.6) is 5.75 Å². The molecule has 3 rings (SSSR count). The second-order valence-electron chi connectivity index (χ2n) is 6.72. The molecule has 130 valence electrons. The summed E-state index contributed by atoms with van der Waals surface area (Å²) in [5.74, 6) is 2.01. The van der Waals surface area contributed by atoms with Crippen LogP contribution in [0.25, 0.3) is 0 Å². The molecule has 1 atom stereocenters. The maximum absolute atomic E-state index is 6.17. The zero-order valence-corrected chi connectivity index (χ0v) is 14.9. The standard InChI is InChI=1S/C18H27N5O/c1-15-19-7-9-23(15)11-10-22-8-5-18(14-22)24-17-4-6-20-16(12-17)13-21(2)3/h4,6-7,9,12,18H,5,8,10-11,13-14H2,1-3H3. The Bertz CT molecular complexity index is 654. The van der Waals surface area contributed by atoms with Crippen LogP contribution in [-0.4, -0.2) is 64.2 Å². The lowest BCUT2D eigenvalue weighted by atomic mass is 10.3. The number of ether oxygens (including phenoxy) is 1. The van der Waals surface area contributed by atoms with Crippen molar-refractivity contribution < 1.29 is 4.74 Å². The largest absolute Gasteiger partial charge is 0.489 e. The fourth-order valence-corrected chi connectivity index (χ4v) is 3.12. The molecule has 0 saturated carbocycles. The SMILES string of the molecule is Cc1nccn1CCN1CCC(Oc2ccnc(CN(C)C)c2)C1. The summed E-state index contributed by atoms with van der Waals surface area (Å²) >= 11 is 0. The first-order chi connectivity index (χ1) is 11.6. The van der Waals surface area contributed by atoms with Gasteiger partial charge < -0.3 is 14.2 Å². The average molecular weight is 329 g/mol. The van der Waals surface area contributed by atoms with Gasteiger partial charge in [-0.25, -0.2) is 4.98 Å². The van der Waals surface area contributed by atoms with Crippen LogP contribution in [0.3, 0.4) is 0 Å². The molecule has 0 aromatic carbocycles. The highest BCUT2D eigenvalue weighted by atomic mass is 16.5. The van der Waals surface area contributed by atoms with Crippen molar-refractivity contribution in [2.24, 2.45) is 0 Å². The molecular weight excluding hydrogens is 302 g/mol. The lowest BCUT2D eigenvalue weighted by molar-refractivity contribution is 0.198. The zero-order valence-electron chi connectivity index (χ0n) is 14.9. The predicted molar refractivity (Wildman–Crippen MR) is 94.1 cm³/mol. The Balaban J connectivity index is 1.48. The minimum absolute atomic E-state index is 0.267. The van der Waals surface area contributed by atoms with E-state index >= 15 is 0 Å². The molecule has 1 aliphatic rings. The van der Waals surface area contributed by atoms with E-state index in [1.165, 1.54) is 0 Å². The second-order valence-corrected chi connectivity index (χ2v) is 6.72. The molecule has 0 N–H and O–H groups in total. The molecule has 1 aliphatic heterocycles. The smallest absolute Gasteiger partial charge is 0.123 e. The van der Waals surface area contributed by atoms with Crippen molar-refractivity contribution in [3.63, 3.8) is 0 Å². The van der Waals surface area contributed by atoms with Crippen molar-refractivity contribution in [2.45, 2.75) is 32.5 Å². The van der Waals surface area contributed by atoms with Gasteiger partial charge in [0, 0.05) is 57.4 Å². The molecule has 1 fully saturated rings. The summed E-state index contributed by atoms with van der Waals surface area (Å²) in [6.45, 7) is 6.98. The van der Waals surface area contributed by atoms with E-state index in [9.17, 15) is 0 Å². The molecule has 6 nitrogen and oxygen atoms in total. The highest BCUT2D eigenvalue weighted by molar-refractivity contribution is 5.23. The lowest BCUT2D eigenvalue weighted by Gasteiger charge is -2.18. The minimum atomic E-state index is 0.267. The molecule has 0 aliphatic carbocycles. The van der Waals surface area contributed by atoms with Gasteiger partial charge in [0.2, 0.25) is 0 Å². The Morgan fingerprint density at radius 3 is 2.88 bits per heavy atom. The second kappa shape index (κ2) is 7.77. The van der Waals surface area contributed by atoms with E-state index in [2.05, 4.69) is 30.4 Å². The molecule has 1 unspecified atom stereocenters. The third-order valence-corrected chi connectivity index (χ3v) is 4.38. The van der Waals surface area contributed by atoms with E-state index in [4.69, 9.17) is 4.74 Å². The third kappa shape index (κ3) is 4.55. The zero-order chi connectivity index (χ0) is 16.9. The van der Waals surface area contributed by atoms with Crippen molar-refractivity contribution in [1.29, 1.82) is 0 Å². The Hall–Kier alpha value is -1.92. The van der Waals surface area contributed by atoms with Crippen LogP contribution in [-0.2, 0) is 13.1 Å². The van der Waals surface area contributed by atoms with E-state index in [0.717, 1.165) is 56.4 Å². The normalized spacial score (nSPS) is 18.4. The molecule has 2 aromatic rings. The van der Waals surface area contributed by atoms with Gasteiger partial charge >= 0.3 is 0 Å². The Labute approximate surface area is 144 Å². The molecule has 1 saturated heterocycles. The van der Waals surface area contributed by atoms with Gasteiger partial charge in [-0.05, 0) is 33.5 Å². The topological polar surface area (TPSA) is 46.4 Å². The quantitative estimate of drug-likeness (QED) is 0.775. The fraction of sp³-hybridized carbons (Fsp3) is 0.556. The highest BCUT2D eigenvalue weighted by Crippen LogP contribution is 2.19. The number of aromatic nitrogens is 3. The Morgan fingerprint density at radius 2 is 2.12 bits per heavy atom. The van der Waals surface area contributed by atoms with Gasteiger partial charge in [0.25, 0.3) is 0 Å². The monoisotopic (exact) mass is 329 g/mol. The van der Waals surface area contributed by atoms with Crippen LogP contribution in [0.15, 0.2) is 30.7 Å². The molecule has 0 spiro atoms. The van der Waals surface area contributed by atoms with Crippen LogP contribution >= 0.6 is 0 Å². The van der Waals surface area contributed by atoms with E-state index < -0.39 is 0 Å². The molecule has 24 heavy (non-hydrogen) atoms. The van der Waals surface area contributed by atoms with Gasteiger partial charge in [-0.3, -0.25) is 9.88 Å². The van der Waals surface area contributed by atoms with Gasteiger partial charge in [0.1, 0.15) is 17.7 Å².